The average Bonchev–Trinajstić information content (AvgIpc) is 2.38. The molecule has 0 amide bonds. The molecule has 0 spiro atoms. The second-order valence-corrected chi connectivity index (χ2v) is 6.84. The van der Waals surface area contributed by atoms with Crippen LogP contribution in [0.2, 0.25) is 0 Å². The molecule has 0 aromatic carbocycles. The first kappa shape index (κ1) is 14.3. The van der Waals surface area contributed by atoms with E-state index in [1.165, 1.54) is 18.4 Å². The number of anilines is 1. The van der Waals surface area contributed by atoms with Crippen LogP contribution in [-0.4, -0.2) is 18.1 Å². The average molecular weight is 261 g/mol. The number of hydrogen-bond acceptors (Lipinski definition) is 3. The first-order valence-corrected chi connectivity index (χ1v) is 7.36. The fraction of sp³-hybridized carbons (Fsp3) is 0.688. The molecule has 0 atom stereocenters. The predicted octanol–water partition coefficient (Wildman–Crippen LogP) is 3.07. The van der Waals surface area contributed by atoms with E-state index in [9.17, 15) is 0 Å². The highest BCUT2D eigenvalue weighted by atomic mass is 15.2. The highest BCUT2D eigenvalue weighted by Gasteiger charge is 2.21. The van der Waals surface area contributed by atoms with Gasteiger partial charge in [0.25, 0.3) is 0 Å². The van der Waals surface area contributed by atoms with Gasteiger partial charge in [-0.2, -0.15) is 0 Å². The summed E-state index contributed by atoms with van der Waals surface area (Å²) in [6, 6.07) is 4.31. The van der Waals surface area contributed by atoms with Crippen LogP contribution in [0.3, 0.4) is 0 Å². The maximum Gasteiger partial charge on any atom is 0.129 e. The Morgan fingerprint density at radius 1 is 1.26 bits per heavy atom. The van der Waals surface area contributed by atoms with Crippen LogP contribution in [-0.2, 0) is 12.0 Å². The number of aromatic nitrogens is 1. The molecule has 106 valence electrons. The second kappa shape index (κ2) is 5.49. The molecule has 1 fully saturated rings. The molecule has 19 heavy (non-hydrogen) atoms. The van der Waals surface area contributed by atoms with E-state index >= 15 is 0 Å². The van der Waals surface area contributed by atoms with Gasteiger partial charge in [0, 0.05) is 30.7 Å². The van der Waals surface area contributed by atoms with Crippen LogP contribution in [0.25, 0.3) is 0 Å². The third-order valence-corrected chi connectivity index (χ3v) is 3.98. The van der Waals surface area contributed by atoms with Crippen LogP contribution in [0.5, 0.6) is 0 Å². The molecular weight excluding hydrogens is 234 g/mol. The standard InChI is InChI=1S/C16H27N3/c1-12-5-7-19(8-6-12)15-10-13(11-17)9-14(18-15)16(2,3)4/h9-10,12H,5-8,11,17H2,1-4H3. The zero-order valence-corrected chi connectivity index (χ0v) is 12.7. The van der Waals surface area contributed by atoms with Gasteiger partial charge in [0.05, 0.1) is 0 Å². The molecule has 2 heterocycles. The Bertz CT molecular complexity index is 426. The van der Waals surface area contributed by atoms with Gasteiger partial charge in [-0.3, -0.25) is 0 Å². The largest absolute Gasteiger partial charge is 0.357 e. The van der Waals surface area contributed by atoms with Gasteiger partial charge in [-0.25, -0.2) is 4.98 Å². The second-order valence-electron chi connectivity index (χ2n) is 6.84. The lowest BCUT2D eigenvalue weighted by atomic mass is 9.90. The van der Waals surface area contributed by atoms with E-state index < -0.39 is 0 Å². The number of nitrogens with zero attached hydrogens (tertiary/aromatic N) is 2. The van der Waals surface area contributed by atoms with Crippen molar-refractivity contribution in [1.82, 2.24) is 4.98 Å². The van der Waals surface area contributed by atoms with Crippen LogP contribution in [0.15, 0.2) is 12.1 Å². The lowest BCUT2D eigenvalue weighted by Gasteiger charge is -2.32. The van der Waals surface area contributed by atoms with Gasteiger partial charge in [-0.1, -0.05) is 27.7 Å². The summed E-state index contributed by atoms with van der Waals surface area (Å²) in [6.45, 7) is 11.8. The van der Waals surface area contributed by atoms with Crippen molar-refractivity contribution in [3.63, 3.8) is 0 Å². The summed E-state index contributed by atoms with van der Waals surface area (Å²) in [7, 11) is 0. The Balaban J connectivity index is 2.29. The molecule has 2 N–H and O–H groups in total. The minimum atomic E-state index is 0.0724. The SMILES string of the molecule is CC1CCN(c2cc(CN)cc(C(C)(C)C)n2)CC1. The van der Waals surface area contributed by atoms with E-state index in [0.29, 0.717) is 6.54 Å². The summed E-state index contributed by atoms with van der Waals surface area (Å²) in [5.41, 5.74) is 8.24. The Morgan fingerprint density at radius 2 is 1.89 bits per heavy atom. The lowest BCUT2D eigenvalue weighted by molar-refractivity contribution is 0.435. The van der Waals surface area contributed by atoms with Crippen LogP contribution in [0.1, 0.15) is 51.8 Å². The Labute approximate surface area is 117 Å². The van der Waals surface area contributed by atoms with Crippen molar-refractivity contribution in [2.75, 3.05) is 18.0 Å². The smallest absolute Gasteiger partial charge is 0.129 e. The molecule has 2 rings (SSSR count). The molecule has 0 unspecified atom stereocenters. The molecule has 0 radical (unpaired) electrons. The Morgan fingerprint density at radius 3 is 2.42 bits per heavy atom. The van der Waals surface area contributed by atoms with Crippen LogP contribution in [0.4, 0.5) is 5.82 Å². The van der Waals surface area contributed by atoms with Crippen molar-refractivity contribution in [2.24, 2.45) is 11.7 Å². The third-order valence-electron chi connectivity index (χ3n) is 3.98. The van der Waals surface area contributed by atoms with Gasteiger partial charge < -0.3 is 10.6 Å². The highest BCUT2D eigenvalue weighted by Crippen LogP contribution is 2.27. The van der Waals surface area contributed by atoms with Gasteiger partial charge >= 0.3 is 0 Å². The first-order chi connectivity index (χ1) is 8.90. The number of nitrogens with two attached hydrogens (primary N) is 1. The van der Waals surface area contributed by atoms with E-state index in [4.69, 9.17) is 10.7 Å². The van der Waals surface area contributed by atoms with Crippen LogP contribution in [0, 0.1) is 5.92 Å². The van der Waals surface area contributed by atoms with Crippen molar-refractivity contribution in [3.8, 4) is 0 Å². The van der Waals surface area contributed by atoms with Crippen molar-refractivity contribution >= 4 is 5.82 Å². The van der Waals surface area contributed by atoms with Gasteiger partial charge in [0.1, 0.15) is 5.82 Å². The van der Waals surface area contributed by atoms with Gasteiger partial charge in [-0.15, -0.1) is 0 Å². The maximum absolute atomic E-state index is 5.84. The van der Waals surface area contributed by atoms with Gasteiger partial charge in [-0.05, 0) is 36.5 Å². The van der Waals surface area contributed by atoms with E-state index in [-0.39, 0.29) is 5.41 Å². The fourth-order valence-corrected chi connectivity index (χ4v) is 2.47. The number of rotatable bonds is 2. The van der Waals surface area contributed by atoms with Crippen LogP contribution >= 0.6 is 0 Å². The zero-order valence-electron chi connectivity index (χ0n) is 12.7. The van der Waals surface area contributed by atoms with Crippen molar-refractivity contribution in [1.29, 1.82) is 0 Å². The van der Waals surface area contributed by atoms with Crippen molar-refractivity contribution < 1.29 is 0 Å². The monoisotopic (exact) mass is 261 g/mol. The van der Waals surface area contributed by atoms with E-state index in [1.54, 1.807) is 0 Å². The molecule has 1 aromatic rings. The lowest BCUT2D eigenvalue weighted by Crippen LogP contribution is -2.34. The fourth-order valence-electron chi connectivity index (χ4n) is 2.47. The third kappa shape index (κ3) is 3.47. The molecule has 1 aliphatic heterocycles. The molecule has 0 bridgehead atoms. The molecule has 3 nitrogen and oxygen atoms in total. The Kier molecular flexibility index (Phi) is 4.14. The summed E-state index contributed by atoms with van der Waals surface area (Å²) in [6.07, 6.45) is 2.53. The zero-order chi connectivity index (χ0) is 14.0. The van der Waals surface area contributed by atoms with Crippen molar-refractivity contribution in [3.05, 3.63) is 23.4 Å². The summed E-state index contributed by atoms with van der Waals surface area (Å²) in [4.78, 5) is 7.28. The molecule has 1 saturated heterocycles. The molecule has 1 aromatic heterocycles. The molecule has 1 aliphatic rings. The van der Waals surface area contributed by atoms with E-state index in [2.05, 4.69) is 44.7 Å². The number of piperidine rings is 1. The van der Waals surface area contributed by atoms with E-state index in [0.717, 1.165) is 30.5 Å². The molecular formula is C16H27N3. The minimum absolute atomic E-state index is 0.0724. The molecule has 0 saturated carbocycles. The summed E-state index contributed by atoms with van der Waals surface area (Å²) in [5.74, 6) is 1.95. The Hall–Kier alpha value is -1.09. The first-order valence-electron chi connectivity index (χ1n) is 7.36. The van der Waals surface area contributed by atoms with E-state index in [1.807, 2.05) is 0 Å². The minimum Gasteiger partial charge on any atom is -0.357 e. The summed E-state index contributed by atoms with van der Waals surface area (Å²) < 4.78 is 0. The maximum atomic E-state index is 5.84. The summed E-state index contributed by atoms with van der Waals surface area (Å²) >= 11 is 0. The molecule has 0 aliphatic carbocycles. The highest BCUT2D eigenvalue weighted by molar-refractivity contribution is 5.44. The van der Waals surface area contributed by atoms with Crippen LogP contribution < -0.4 is 10.6 Å². The van der Waals surface area contributed by atoms with Gasteiger partial charge in [0.2, 0.25) is 0 Å². The predicted molar refractivity (Wildman–Crippen MR) is 81.4 cm³/mol. The summed E-state index contributed by atoms with van der Waals surface area (Å²) in [5, 5.41) is 0. The molecule has 3 heteroatoms. The number of pyridine rings is 1. The quantitative estimate of drug-likeness (QED) is 0.889. The number of hydrogen-bond donors (Lipinski definition) is 1. The topological polar surface area (TPSA) is 42.1 Å². The van der Waals surface area contributed by atoms with Gasteiger partial charge in [0.15, 0.2) is 0 Å². The normalized spacial score (nSPS) is 17.8. The van der Waals surface area contributed by atoms with Crippen molar-refractivity contribution in [2.45, 2.75) is 52.5 Å².